The molecule has 2 N–H and O–H groups in total. The number of alkyl halides is 2. The van der Waals surface area contributed by atoms with Gasteiger partial charge in [0, 0.05) is 31.9 Å². The van der Waals surface area contributed by atoms with Crippen LogP contribution in [0.2, 0.25) is 0 Å². The number of carbonyl (C=O) groups excluding carboxylic acids is 2. The van der Waals surface area contributed by atoms with E-state index in [1.165, 1.54) is 0 Å². The second kappa shape index (κ2) is 7.92. The van der Waals surface area contributed by atoms with Gasteiger partial charge >= 0.3 is 5.97 Å². The molecule has 0 aliphatic heterocycles. The van der Waals surface area contributed by atoms with Crippen LogP contribution in [0.5, 0.6) is 0 Å². The molecule has 30 heavy (non-hydrogen) atoms. The van der Waals surface area contributed by atoms with Gasteiger partial charge in [-0.1, -0.05) is 0 Å². The molecule has 2 aromatic rings. The molecule has 0 radical (unpaired) electrons. The van der Waals surface area contributed by atoms with Crippen LogP contribution in [0.1, 0.15) is 35.7 Å². The Morgan fingerprint density at radius 2 is 1.90 bits per heavy atom. The molecule has 0 bridgehead atoms. The van der Waals surface area contributed by atoms with Gasteiger partial charge in [0.05, 0.1) is 23.3 Å². The lowest BCUT2D eigenvalue weighted by atomic mass is 9.69. The summed E-state index contributed by atoms with van der Waals surface area (Å²) >= 11 is 0. The van der Waals surface area contributed by atoms with Crippen molar-refractivity contribution in [3.8, 4) is 0 Å². The van der Waals surface area contributed by atoms with E-state index in [0.717, 1.165) is 35.8 Å². The molecular formula is C20H18F4N2O4. The van der Waals surface area contributed by atoms with Crippen LogP contribution in [-0.4, -0.2) is 35.3 Å². The first kappa shape index (κ1) is 21.5. The number of pyridine rings is 1. The Labute approximate surface area is 168 Å². The summed E-state index contributed by atoms with van der Waals surface area (Å²) in [6.45, 7) is 0.0514. The molecule has 3 atom stereocenters. The molecule has 1 aromatic carbocycles. The number of nitrogens with zero attached hydrogens (tertiary/aromatic N) is 1. The van der Waals surface area contributed by atoms with Crippen molar-refractivity contribution >= 4 is 17.6 Å². The summed E-state index contributed by atoms with van der Waals surface area (Å²) in [5.74, 6) is -4.28. The Morgan fingerprint density at radius 1 is 1.23 bits per heavy atom. The zero-order valence-corrected chi connectivity index (χ0v) is 15.8. The molecule has 160 valence electrons. The van der Waals surface area contributed by atoms with Crippen LogP contribution >= 0.6 is 0 Å². The smallest absolute Gasteiger partial charge is 0.303 e. The average molecular weight is 426 g/mol. The number of hydrogen-bond donors (Lipinski definition) is 1. The van der Waals surface area contributed by atoms with Crippen LogP contribution in [-0.2, 0) is 15.1 Å². The number of nitrogens with two attached hydrogens (primary N) is 1. The number of rotatable bonds is 6. The van der Waals surface area contributed by atoms with Crippen molar-refractivity contribution in [1.82, 2.24) is 4.57 Å². The standard InChI is InChI=1S/C20H18F4N2O4/c1-10(27)30-18-15(24)9-20(18,6-7-21)26-16(28)5-4-13(19(26)25)17(29)12-3-2-11(22)8-14(12)23/h2-5,8,15,18H,6-7,9,25H2,1H3/t15?,18?,20-/m1/s1. The Bertz CT molecular complexity index is 1070. The molecule has 1 fully saturated rings. The van der Waals surface area contributed by atoms with Crippen LogP contribution in [0.3, 0.4) is 0 Å². The Hall–Kier alpha value is -3.17. The number of halogens is 4. The highest BCUT2D eigenvalue weighted by Gasteiger charge is 2.59. The van der Waals surface area contributed by atoms with Crippen LogP contribution in [0.25, 0.3) is 0 Å². The third-order valence-corrected chi connectivity index (χ3v) is 5.22. The molecule has 1 aliphatic rings. The fourth-order valence-corrected chi connectivity index (χ4v) is 3.86. The quantitative estimate of drug-likeness (QED) is 0.436. The van der Waals surface area contributed by atoms with Crippen molar-refractivity contribution in [3.63, 3.8) is 0 Å². The largest absolute Gasteiger partial charge is 0.457 e. The molecule has 10 heteroatoms. The zero-order chi connectivity index (χ0) is 22.2. The maximum Gasteiger partial charge on any atom is 0.303 e. The van der Waals surface area contributed by atoms with Gasteiger partial charge in [0.2, 0.25) is 0 Å². The highest BCUT2D eigenvalue weighted by molar-refractivity contribution is 6.11. The molecule has 0 spiro atoms. The molecule has 6 nitrogen and oxygen atoms in total. The summed E-state index contributed by atoms with van der Waals surface area (Å²) in [7, 11) is 0. The first-order chi connectivity index (χ1) is 14.1. The average Bonchev–Trinajstić information content (AvgIpc) is 2.66. The molecule has 3 rings (SSSR count). The van der Waals surface area contributed by atoms with Crippen LogP contribution in [0.4, 0.5) is 23.4 Å². The van der Waals surface area contributed by atoms with E-state index >= 15 is 0 Å². The van der Waals surface area contributed by atoms with E-state index in [1.54, 1.807) is 0 Å². The predicted molar refractivity (Wildman–Crippen MR) is 98.5 cm³/mol. The van der Waals surface area contributed by atoms with Gasteiger partial charge < -0.3 is 10.5 Å². The number of benzene rings is 1. The van der Waals surface area contributed by atoms with Gasteiger partial charge in [0.1, 0.15) is 23.6 Å². The number of ether oxygens (including phenoxy) is 1. The van der Waals surface area contributed by atoms with Crippen molar-refractivity contribution in [2.45, 2.75) is 37.6 Å². The summed E-state index contributed by atoms with van der Waals surface area (Å²) in [4.78, 5) is 36.7. The van der Waals surface area contributed by atoms with Gasteiger partial charge in [0.25, 0.3) is 5.56 Å². The summed E-state index contributed by atoms with van der Waals surface area (Å²) in [5, 5.41) is 0. The van der Waals surface area contributed by atoms with E-state index in [-0.39, 0.29) is 12.0 Å². The minimum Gasteiger partial charge on any atom is -0.457 e. The summed E-state index contributed by atoms with van der Waals surface area (Å²) in [6, 6.07) is 4.31. The third kappa shape index (κ3) is 3.46. The SMILES string of the molecule is CC(=O)OC1C(F)C[C@@]1(CCF)n1c(N)c(C(=O)c2ccc(F)cc2F)ccc1=O. The van der Waals surface area contributed by atoms with E-state index in [4.69, 9.17) is 10.5 Å². The first-order valence-electron chi connectivity index (χ1n) is 9.01. The van der Waals surface area contributed by atoms with Gasteiger partial charge in [-0.2, -0.15) is 0 Å². The van der Waals surface area contributed by atoms with Crippen LogP contribution in [0, 0.1) is 11.6 Å². The second-order valence-electron chi connectivity index (χ2n) is 7.05. The second-order valence-corrected chi connectivity index (χ2v) is 7.05. The Morgan fingerprint density at radius 3 is 2.47 bits per heavy atom. The first-order valence-corrected chi connectivity index (χ1v) is 9.01. The number of esters is 1. The highest BCUT2D eigenvalue weighted by Crippen LogP contribution is 2.47. The lowest BCUT2D eigenvalue weighted by Crippen LogP contribution is -2.65. The minimum absolute atomic E-state index is 0.317. The van der Waals surface area contributed by atoms with Gasteiger partial charge in [-0.25, -0.2) is 13.2 Å². The number of hydrogen-bond acceptors (Lipinski definition) is 5. The van der Waals surface area contributed by atoms with E-state index in [1.807, 2.05) is 0 Å². The molecule has 1 heterocycles. The maximum absolute atomic E-state index is 14.2. The van der Waals surface area contributed by atoms with E-state index < -0.39 is 71.2 Å². The molecular weight excluding hydrogens is 408 g/mol. The number of ketones is 1. The van der Waals surface area contributed by atoms with E-state index in [0.29, 0.717) is 6.07 Å². The van der Waals surface area contributed by atoms with Crippen molar-refractivity contribution in [2.24, 2.45) is 0 Å². The highest BCUT2D eigenvalue weighted by atomic mass is 19.1. The van der Waals surface area contributed by atoms with Gasteiger partial charge in [-0.15, -0.1) is 0 Å². The monoisotopic (exact) mass is 426 g/mol. The molecule has 1 aromatic heterocycles. The van der Waals surface area contributed by atoms with Crippen molar-refractivity contribution in [1.29, 1.82) is 0 Å². The van der Waals surface area contributed by atoms with E-state index in [9.17, 15) is 31.9 Å². The predicted octanol–water partition coefficient (Wildman–Crippen LogP) is 2.67. The Kier molecular flexibility index (Phi) is 5.69. The normalized spacial score (nSPS) is 23.0. The number of nitrogen functional groups attached to an aromatic ring is 1. The van der Waals surface area contributed by atoms with E-state index in [2.05, 4.69) is 0 Å². The number of anilines is 1. The number of carbonyl (C=O) groups is 2. The van der Waals surface area contributed by atoms with Gasteiger partial charge in [-0.3, -0.25) is 23.3 Å². The fraction of sp³-hybridized carbons (Fsp3) is 0.350. The third-order valence-electron chi connectivity index (χ3n) is 5.22. The van der Waals surface area contributed by atoms with Crippen molar-refractivity contribution in [2.75, 3.05) is 12.4 Å². The molecule has 1 aliphatic carbocycles. The zero-order valence-electron chi connectivity index (χ0n) is 15.8. The topological polar surface area (TPSA) is 91.4 Å². The van der Waals surface area contributed by atoms with Crippen molar-refractivity contribution in [3.05, 3.63) is 63.4 Å². The van der Waals surface area contributed by atoms with Gasteiger partial charge in [0.15, 0.2) is 11.9 Å². The Balaban J connectivity index is 2.15. The molecule has 0 amide bonds. The van der Waals surface area contributed by atoms with Gasteiger partial charge in [-0.05, 0) is 18.2 Å². The molecule has 0 saturated heterocycles. The van der Waals surface area contributed by atoms with Crippen LogP contribution < -0.4 is 11.3 Å². The lowest BCUT2D eigenvalue weighted by Gasteiger charge is -2.51. The molecule has 2 unspecified atom stereocenters. The maximum atomic E-state index is 14.2. The lowest BCUT2D eigenvalue weighted by molar-refractivity contribution is -0.183. The minimum atomic E-state index is -1.67. The summed E-state index contributed by atoms with van der Waals surface area (Å²) in [6.07, 6.45) is -3.93. The van der Waals surface area contributed by atoms with Crippen molar-refractivity contribution < 1.29 is 31.9 Å². The molecule has 1 saturated carbocycles. The number of aromatic nitrogens is 1. The van der Waals surface area contributed by atoms with Crippen LogP contribution in [0.15, 0.2) is 35.1 Å². The fourth-order valence-electron chi connectivity index (χ4n) is 3.86. The summed E-state index contributed by atoms with van der Waals surface area (Å²) < 4.78 is 60.6. The summed E-state index contributed by atoms with van der Waals surface area (Å²) in [5.41, 5.74) is 2.79.